The SMILES string of the molecule is CSC1(C(N)=NO)CCN(Cc2ccccn2)CC1. The quantitative estimate of drug-likeness (QED) is 0.378. The van der Waals surface area contributed by atoms with Gasteiger partial charge in [0.25, 0.3) is 0 Å². The summed E-state index contributed by atoms with van der Waals surface area (Å²) in [7, 11) is 0. The molecule has 0 bridgehead atoms. The number of hydrogen-bond donors (Lipinski definition) is 2. The Bertz CT molecular complexity index is 430. The lowest BCUT2D eigenvalue weighted by Gasteiger charge is -2.39. The third-order valence-corrected chi connectivity index (χ3v) is 5.14. The smallest absolute Gasteiger partial charge is 0.155 e. The summed E-state index contributed by atoms with van der Waals surface area (Å²) in [5.41, 5.74) is 6.93. The highest BCUT2D eigenvalue weighted by atomic mass is 32.2. The molecule has 0 saturated carbocycles. The number of likely N-dealkylation sites (tertiary alicyclic amines) is 1. The third kappa shape index (κ3) is 3.19. The topological polar surface area (TPSA) is 74.7 Å². The number of nitrogens with two attached hydrogens (primary N) is 1. The van der Waals surface area contributed by atoms with E-state index in [1.54, 1.807) is 11.8 Å². The first-order chi connectivity index (χ1) is 9.20. The second kappa shape index (κ2) is 6.25. The van der Waals surface area contributed by atoms with E-state index in [1.807, 2.05) is 30.7 Å². The predicted octanol–water partition coefficient (Wildman–Crippen LogP) is 1.53. The lowest BCUT2D eigenvalue weighted by atomic mass is 9.94. The molecule has 19 heavy (non-hydrogen) atoms. The van der Waals surface area contributed by atoms with Crippen molar-refractivity contribution >= 4 is 17.6 Å². The Hall–Kier alpha value is -1.27. The molecule has 5 nitrogen and oxygen atoms in total. The van der Waals surface area contributed by atoms with Crippen molar-refractivity contribution < 1.29 is 5.21 Å². The van der Waals surface area contributed by atoms with Crippen molar-refractivity contribution in [1.82, 2.24) is 9.88 Å². The molecule has 6 heteroatoms. The van der Waals surface area contributed by atoms with Crippen LogP contribution in [0.4, 0.5) is 0 Å². The highest BCUT2D eigenvalue weighted by Gasteiger charge is 2.38. The Morgan fingerprint density at radius 1 is 1.53 bits per heavy atom. The number of pyridine rings is 1. The van der Waals surface area contributed by atoms with Crippen molar-refractivity contribution in [1.29, 1.82) is 0 Å². The van der Waals surface area contributed by atoms with Gasteiger partial charge in [0.05, 0.1) is 10.4 Å². The maximum absolute atomic E-state index is 8.91. The van der Waals surface area contributed by atoms with E-state index in [9.17, 15) is 0 Å². The van der Waals surface area contributed by atoms with Crippen molar-refractivity contribution in [3.63, 3.8) is 0 Å². The van der Waals surface area contributed by atoms with Crippen LogP contribution in [0.25, 0.3) is 0 Å². The first-order valence-corrected chi connectivity index (χ1v) is 7.58. The molecule has 2 rings (SSSR count). The molecule has 0 aliphatic carbocycles. The van der Waals surface area contributed by atoms with E-state index in [-0.39, 0.29) is 4.75 Å². The Balaban J connectivity index is 1.95. The van der Waals surface area contributed by atoms with Crippen molar-refractivity contribution in [2.24, 2.45) is 10.9 Å². The molecule has 1 aliphatic rings. The molecule has 104 valence electrons. The molecule has 1 aliphatic heterocycles. The highest BCUT2D eigenvalue weighted by molar-refractivity contribution is 8.00. The van der Waals surface area contributed by atoms with Gasteiger partial charge in [-0.25, -0.2) is 0 Å². The minimum Gasteiger partial charge on any atom is -0.409 e. The Morgan fingerprint density at radius 2 is 2.26 bits per heavy atom. The molecule has 0 atom stereocenters. The van der Waals surface area contributed by atoms with E-state index in [0.717, 1.165) is 38.2 Å². The summed E-state index contributed by atoms with van der Waals surface area (Å²) in [4.78, 5) is 6.71. The van der Waals surface area contributed by atoms with Crippen molar-refractivity contribution in [3.8, 4) is 0 Å². The molecule has 0 spiro atoms. The molecule has 0 unspecified atom stereocenters. The van der Waals surface area contributed by atoms with Crippen LogP contribution in [0.2, 0.25) is 0 Å². The maximum Gasteiger partial charge on any atom is 0.155 e. The van der Waals surface area contributed by atoms with Crippen LogP contribution < -0.4 is 5.73 Å². The standard InChI is InChI=1S/C13H20N4OS/c1-19-13(12(14)16-18)5-8-17(9-6-13)10-11-4-2-3-7-15-11/h2-4,7,18H,5-6,8-10H2,1H3,(H2,14,16). The summed E-state index contributed by atoms with van der Waals surface area (Å²) in [6.45, 7) is 2.74. The highest BCUT2D eigenvalue weighted by Crippen LogP contribution is 2.35. The van der Waals surface area contributed by atoms with E-state index in [4.69, 9.17) is 10.9 Å². The van der Waals surface area contributed by atoms with E-state index < -0.39 is 0 Å². The maximum atomic E-state index is 8.91. The summed E-state index contributed by atoms with van der Waals surface area (Å²) in [6, 6.07) is 5.98. The van der Waals surface area contributed by atoms with Gasteiger partial charge in [0.15, 0.2) is 5.84 Å². The lowest BCUT2D eigenvalue weighted by Crippen LogP contribution is -2.49. The van der Waals surface area contributed by atoms with Crippen molar-refractivity contribution in [2.75, 3.05) is 19.3 Å². The van der Waals surface area contributed by atoms with Gasteiger partial charge >= 0.3 is 0 Å². The minimum absolute atomic E-state index is 0.213. The van der Waals surface area contributed by atoms with Gasteiger partial charge in [0.1, 0.15) is 0 Å². The molecule has 1 fully saturated rings. The molecule has 1 saturated heterocycles. The van der Waals surface area contributed by atoms with Gasteiger partial charge < -0.3 is 10.9 Å². The second-order valence-electron chi connectivity index (χ2n) is 4.78. The zero-order valence-corrected chi connectivity index (χ0v) is 11.9. The summed E-state index contributed by atoms with van der Waals surface area (Å²) in [6.07, 6.45) is 5.64. The Morgan fingerprint density at radius 3 is 2.79 bits per heavy atom. The molecule has 3 N–H and O–H groups in total. The van der Waals surface area contributed by atoms with E-state index in [2.05, 4.69) is 15.0 Å². The number of rotatable bonds is 4. The fourth-order valence-corrected chi connectivity index (χ4v) is 3.29. The van der Waals surface area contributed by atoms with Gasteiger partial charge in [-0.2, -0.15) is 11.8 Å². The van der Waals surface area contributed by atoms with Gasteiger partial charge in [-0.15, -0.1) is 0 Å². The average Bonchev–Trinajstić information content (AvgIpc) is 2.48. The summed E-state index contributed by atoms with van der Waals surface area (Å²) in [5.74, 6) is 0.345. The van der Waals surface area contributed by atoms with Crippen LogP contribution in [0.15, 0.2) is 29.6 Å². The molecule has 0 radical (unpaired) electrons. The molecule has 2 heterocycles. The molecule has 0 aromatic carbocycles. The molecule has 1 aromatic heterocycles. The van der Waals surface area contributed by atoms with Gasteiger partial charge in [-0.05, 0) is 31.2 Å². The van der Waals surface area contributed by atoms with Gasteiger partial charge in [-0.3, -0.25) is 9.88 Å². The van der Waals surface area contributed by atoms with Crippen LogP contribution in [0.5, 0.6) is 0 Å². The zero-order chi connectivity index (χ0) is 13.7. The number of hydrogen-bond acceptors (Lipinski definition) is 5. The van der Waals surface area contributed by atoms with Crippen LogP contribution in [0, 0.1) is 0 Å². The second-order valence-corrected chi connectivity index (χ2v) is 5.97. The predicted molar refractivity (Wildman–Crippen MR) is 78.4 cm³/mol. The average molecular weight is 280 g/mol. The number of nitrogens with zero attached hydrogens (tertiary/aromatic N) is 3. The Kier molecular flexibility index (Phi) is 4.66. The van der Waals surface area contributed by atoms with Crippen LogP contribution in [-0.2, 0) is 6.54 Å². The van der Waals surface area contributed by atoms with Crippen molar-refractivity contribution in [2.45, 2.75) is 24.1 Å². The largest absolute Gasteiger partial charge is 0.409 e. The summed E-state index contributed by atoms with van der Waals surface area (Å²) < 4.78 is -0.213. The van der Waals surface area contributed by atoms with Crippen LogP contribution >= 0.6 is 11.8 Å². The van der Waals surface area contributed by atoms with E-state index in [0.29, 0.717) is 5.84 Å². The monoisotopic (exact) mass is 280 g/mol. The number of amidine groups is 1. The van der Waals surface area contributed by atoms with Crippen molar-refractivity contribution in [3.05, 3.63) is 30.1 Å². The van der Waals surface area contributed by atoms with Crippen LogP contribution in [-0.4, -0.2) is 45.0 Å². The molecule has 0 amide bonds. The number of aromatic nitrogens is 1. The number of oxime groups is 1. The fraction of sp³-hybridized carbons (Fsp3) is 0.538. The first kappa shape index (κ1) is 14.1. The first-order valence-electron chi connectivity index (χ1n) is 6.35. The third-order valence-electron chi connectivity index (χ3n) is 3.74. The molecular formula is C13H20N4OS. The fourth-order valence-electron chi connectivity index (χ4n) is 2.45. The molecular weight excluding hydrogens is 260 g/mol. The van der Waals surface area contributed by atoms with Crippen LogP contribution in [0.3, 0.4) is 0 Å². The van der Waals surface area contributed by atoms with Gasteiger partial charge in [0, 0.05) is 25.8 Å². The van der Waals surface area contributed by atoms with Crippen LogP contribution in [0.1, 0.15) is 18.5 Å². The normalized spacial score (nSPS) is 20.4. The van der Waals surface area contributed by atoms with E-state index in [1.165, 1.54) is 0 Å². The minimum atomic E-state index is -0.213. The van der Waals surface area contributed by atoms with Gasteiger partial charge in [0.2, 0.25) is 0 Å². The molecule has 1 aromatic rings. The zero-order valence-electron chi connectivity index (χ0n) is 11.1. The van der Waals surface area contributed by atoms with Gasteiger partial charge in [-0.1, -0.05) is 11.2 Å². The Labute approximate surface area is 117 Å². The summed E-state index contributed by atoms with van der Waals surface area (Å²) >= 11 is 1.68. The van der Waals surface area contributed by atoms with E-state index >= 15 is 0 Å². The lowest BCUT2D eigenvalue weighted by molar-refractivity contribution is 0.207. The number of piperidine rings is 1. The number of thioether (sulfide) groups is 1. The summed E-state index contributed by atoms with van der Waals surface area (Å²) in [5, 5.41) is 12.1.